The fraction of sp³-hybridized carbons (Fsp3) is 0.318. The van der Waals surface area contributed by atoms with Crippen molar-refractivity contribution in [1.82, 2.24) is 9.97 Å². The van der Waals surface area contributed by atoms with Gasteiger partial charge in [-0.2, -0.15) is 0 Å². The number of fused-ring (bicyclic) bond motifs is 1. The molecule has 4 nitrogen and oxygen atoms in total. The molecular formula is C22H23N3OS. The molecule has 2 aromatic heterocycles. The summed E-state index contributed by atoms with van der Waals surface area (Å²) in [5.74, 6) is 0.130. The van der Waals surface area contributed by atoms with Crippen LogP contribution in [0.3, 0.4) is 0 Å². The number of rotatable bonds is 4. The maximum atomic E-state index is 12.9. The first kappa shape index (κ1) is 17.9. The van der Waals surface area contributed by atoms with Crippen molar-refractivity contribution < 1.29 is 4.79 Å². The van der Waals surface area contributed by atoms with Gasteiger partial charge in [0.05, 0.1) is 5.69 Å². The average Bonchev–Trinajstić information content (AvgIpc) is 3.13. The van der Waals surface area contributed by atoms with Gasteiger partial charge in [-0.15, -0.1) is 11.3 Å². The molecule has 0 radical (unpaired) electrons. The number of hydrogen-bond donors (Lipinski definition) is 1. The highest BCUT2D eigenvalue weighted by atomic mass is 32.1. The third-order valence-electron chi connectivity index (χ3n) is 5.21. The standard InChI is InChI=1S/C22H23N3OS/c1-3-15-7-4-6-14(2)20(15)25-21(26)16-9-10-18-19(12-16)27-22(24-18)17-8-5-11-23-13-17/h4-8,11,13,16H,3,9-10,12H2,1-2H3,(H,25,26). The third kappa shape index (κ3) is 3.65. The molecule has 1 aromatic carbocycles. The molecule has 27 heavy (non-hydrogen) atoms. The summed E-state index contributed by atoms with van der Waals surface area (Å²) in [6.07, 6.45) is 7.01. The molecule has 3 aromatic rings. The Morgan fingerprint density at radius 1 is 1.30 bits per heavy atom. The van der Waals surface area contributed by atoms with Crippen LogP contribution in [0, 0.1) is 12.8 Å². The molecule has 0 spiro atoms. The number of anilines is 1. The van der Waals surface area contributed by atoms with Gasteiger partial charge >= 0.3 is 0 Å². The van der Waals surface area contributed by atoms with Crippen LogP contribution in [0.15, 0.2) is 42.7 Å². The zero-order valence-electron chi connectivity index (χ0n) is 15.7. The maximum absolute atomic E-state index is 12.9. The Hall–Kier alpha value is -2.53. The van der Waals surface area contributed by atoms with Crippen LogP contribution < -0.4 is 5.32 Å². The molecule has 138 valence electrons. The summed E-state index contributed by atoms with van der Waals surface area (Å²) in [6.45, 7) is 4.17. The summed E-state index contributed by atoms with van der Waals surface area (Å²) in [5.41, 5.74) is 5.49. The molecule has 0 saturated carbocycles. The molecule has 2 heterocycles. The molecule has 1 aliphatic rings. The number of carbonyl (C=O) groups excluding carboxylic acids is 1. The second-order valence-corrected chi connectivity index (χ2v) is 8.11. The number of amides is 1. The Bertz CT molecular complexity index is 965. The van der Waals surface area contributed by atoms with E-state index in [1.807, 2.05) is 24.4 Å². The van der Waals surface area contributed by atoms with Crippen molar-refractivity contribution in [2.75, 3.05) is 5.32 Å². The number of aromatic nitrogens is 2. The third-order valence-corrected chi connectivity index (χ3v) is 6.38. The highest BCUT2D eigenvalue weighted by molar-refractivity contribution is 7.15. The van der Waals surface area contributed by atoms with E-state index in [2.05, 4.69) is 36.3 Å². The number of para-hydroxylation sites is 1. The molecule has 1 amide bonds. The zero-order valence-corrected chi connectivity index (χ0v) is 16.5. The highest BCUT2D eigenvalue weighted by Crippen LogP contribution is 2.35. The first-order valence-electron chi connectivity index (χ1n) is 9.44. The molecule has 0 saturated heterocycles. The maximum Gasteiger partial charge on any atom is 0.227 e. The Morgan fingerprint density at radius 2 is 2.19 bits per heavy atom. The molecule has 0 fully saturated rings. The molecule has 1 aliphatic carbocycles. The summed E-state index contributed by atoms with van der Waals surface area (Å²) < 4.78 is 0. The number of nitrogens with one attached hydrogen (secondary N) is 1. The highest BCUT2D eigenvalue weighted by Gasteiger charge is 2.28. The van der Waals surface area contributed by atoms with E-state index in [-0.39, 0.29) is 11.8 Å². The molecule has 1 N–H and O–H groups in total. The predicted molar refractivity (Wildman–Crippen MR) is 110 cm³/mol. The van der Waals surface area contributed by atoms with Gasteiger partial charge in [0.15, 0.2) is 0 Å². The van der Waals surface area contributed by atoms with Gasteiger partial charge in [0, 0.05) is 34.4 Å². The summed E-state index contributed by atoms with van der Waals surface area (Å²) in [6, 6.07) is 10.2. The summed E-state index contributed by atoms with van der Waals surface area (Å²) >= 11 is 1.70. The molecular weight excluding hydrogens is 354 g/mol. The number of hydrogen-bond acceptors (Lipinski definition) is 4. The zero-order chi connectivity index (χ0) is 18.8. The van der Waals surface area contributed by atoms with Crippen molar-refractivity contribution in [3.05, 3.63) is 64.4 Å². The largest absolute Gasteiger partial charge is 0.325 e. The Balaban J connectivity index is 1.51. The molecule has 0 aliphatic heterocycles. The van der Waals surface area contributed by atoms with Gasteiger partial charge in [0.25, 0.3) is 0 Å². The fourth-order valence-corrected chi connectivity index (χ4v) is 4.82. The van der Waals surface area contributed by atoms with E-state index in [4.69, 9.17) is 4.98 Å². The van der Waals surface area contributed by atoms with E-state index < -0.39 is 0 Å². The summed E-state index contributed by atoms with van der Waals surface area (Å²) in [4.78, 5) is 23.1. The lowest BCUT2D eigenvalue weighted by atomic mass is 9.90. The number of thiazole rings is 1. The van der Waals surface area contributed by atoms with E-state index in [1.165, 1.54) is 10.4 Å². The minimum absolute atomic E-state index is 0.00371. The number of pyridine rings is 1. The number of benzene rings is 1. The Kier molecular flexibility index (Phi) is 5.03. The monoisotopic (exact) mass is 377 g/mol. The summed E-state index contributed by atoms with van der Waals surface area (Å²) in [7, 11) is 0. The van der Waals surface area contributed by atoms with Gasteiger partial charge < -0.3 is 5.32 Å². The van der Waals surface area contributed by atoms with Gasteiger partial charge in [-0.1, -0.05) is 25.1 Å². The van der Waals surface area contributed by atoms with Gasteiger partial charge in [0.1, 0.15) is 5.01 Å². The minimum Gasteiger partial charge on any atom is -0.325 e. The van der Waals surface area contributed by atoms with Gasteiger partial charge in [-0.25, -0.2) is 4.98 Å². The van der Waals surface area contributed by atoms with E-state index in [0.717, 1.165) is 53.2 Å². The van der Waals surface area contributed by atoms with E-state index in [0.29, 0.717) is 0 Å². The van der Waals surface area contributed by atoms with Crippen molar-refractivity contribution in [3.63, 3.8) is 0 Å². The van der Waals surface area contributed by atoms with Gasteiger partial charge in [0.2, 0.25) is 5.91 Å². The van der Waals surface area contributed by atoms with Crippen molar-refractivity contribution in [1.29, 1.82) is 0 Å². The molecule has 1 atom stereocenters. The Morgan fingerprint density at radius 3 is 2.96 bits per heavy atom. The number of aryl methyl sites for hydroxylation is 3. The predicted octanol–water partition coefficient (Wildman–Crippen LogP) is 4.82. The lowest BCUT2D eigenvalue weighted by molar-refractivity contribution is -0.120. The molecule has 0 bridgehead atoms. The van der Waals surface area contributed by atoms with Crippen molar-refractivity contribution in [2.24, 2.45) is 5.92 Å². The topological polar surface area (TPSA) is 54.9 Å². The van der Waals surface area contributed by atoms with Crippen LogP contribution in [0.1, 0.15) is 35.0 Å². The van der Waals surface area contributed by atoms with E-state index in [1.54, 1.807) is 17.5 Å². The first-order valence-corrected chi connectivity index (χ1v) is 10.3. The van der Waals surface area contributed by atoms with Crippen LogP contribution >= 0.6 is 11.3 Å². The molecule has 4 rings (SSSR count). The smallest absolute Gasteiger partial charge is 0.227 e. The van der Waals surface area contributed by atoms with Crippen LogP contribution in [-0.2, 0) is 24.1 Å². The lowest BCUT2D eigenvalue weighted by Crippen LogP contribution is -2.28. The second-order valence-electron chi connectivity index (χ2n) is 7.02. The lowest BCUT2D eigenvalue weighted by Gasteiger charge is -2.22. The van der Waals surface area contributed by atoms with E-state index >= 15 is 0 Å². The SMILES string of the molecule is CCc1cccc(C)c1NC(=O)C1CCc2nc(-c3cccnc3)sc2C1. The summed E-state index contributed by atoms with van der Waals surface area (Å²) in [5, 5.41) is 4.21. The molecule has 1 unspecified atom stereocenters. The minimum atomic E-state index is 0.00371. The van der Waals surface area contributed by atoms with Gasteiger partial charge in [-0.05, 0) is 55.9 Å². The van der Waals surface area contributed by atoms with Crippen LogP contribution in [-0.4, -0.2) is 15.9 Å². The van der Waals surface area contributed by atoms with Crippen molar-refractivity contribution >= 4 is 22.9 Å². The van der Waals surface area contributed by atoms with Crippen molar-refractivity contribution in [2.45, 2.75) is 39.5 Å². The van der Waals surface area contributed by atoms with Crippen LogP contribution in [0.5, 0.6) is 0 Å². The van der Waals surface area contributed by atoms with Gasteiger partial charge in [-0.3, -0.25) is 9.78 Å². The second kappa shape index (κ2) is 7.61. The fourth-order valence-electron chi connectivity index (χ4n) is 3.64. The van der Waals surface area contributed by atoms with E-state index in [9.17, 15) is 4.79 Å². The van der Waals surface area contributed by atoms with Crippen LogP contribution in [0.2, 0.25) is 0 Å². The van der Waals surface area contributed by atoms with Crippen LogP contribution in [0.4, 0.5) is 5.69 Å². The number of nitrogens with zero attached hydrogens (tertiary/aromatic N) is 2. The van der Waals surface area contributed by atoms with Crippen molar-refractivity contribution in [3.8, 4) is 10.6 Å². The normalized spacial score (nSPS) is 16.0. The number of carbonyl (C=O) groups is 1. The quantitative estimate of drug-likeness (QED) is 0.709. The molecule has 5 heteroatoms. The first-order chi connectivity index (χ1) is 13.2. The van der Waals surface area contributed by atoms with Crippen LogP contribution in [0.25, 0.3) is 10.6 Å². The Labute approximate surface area is 163 Å². The average molecular weight is 378 g/mol.